The maximum Gasteiger partial charge on any atom is 0.136 e. The van der Waals surface area contributed by atoms with Gasteiger partial charge >= 0.3 is 0 Å². The molecule has 0 aliphatic rings. The van der Waals surface area contributed by atoms with Crippen LogP contribution in [0.25, 0.3) is 10.6 Å². The van der Waals surface area contributed by atoms with E-state index in [2.05, 4.69) is 10.3 Å². The van der Waals surface area contributed by atoms with Gasteiger partial charge in [-0.25, -0.2) is 9.37 Å². The summed E-state index contributed by atoms with van der Waals surface area (Å²) in [5.74, 6) is -0.169. The Balaban J connectivity index is 2.46. The predicted molar refractivity (Wildman–Crippen MR) is 69.7 cm³/mol. The van der Waals surface area contributed by atoms with Crippen LogP contribution in [0.5, 0.6) is 0 Å². The van der Waals surface area contributed by atoms with Gasteiger partial charge in [-0.1, -0.05) is 12.1 Å². The van der Waals surface area contributed by atoms with Crippen molar-refractivity contribution in [1.82, 2.24) is 10.3 Å². The molecular formula is C13H15FN2S. The molecule has 0 aliphatic carbocycles. The molecule has 4 heteroatoms. The maximum atomic E-state index is 14.0. The fraction of sp³-hybridized carbons (Fsp3) is 0.308. The van der Waals surface area contributed by atoms with Crippen molar-refractivity contribution in [3.8, 4) is 10.6 Å². The van der Waals surface area contributed by atoms with Gasteiger partial charge in [0.1, 0.15) is 10.8 Å². The smallest absolute Gasteiger partial charge is 0.136 e. The molecule has 0 fully saturated rings. The summed E-state index contributed by atoms with van der Waals surface area (Å²) in [5, 5.41) is 3.85. The van der Waals surface area contributed by atoms with Crippen LogP contribution in [0, 0.1) is 19.7 Å². The number of hydrogen-bond acceptors (Lipinski definition) is 3. The molecule has 0 spiro atoms. The van der Waals surface area contributed by atoms with Crippen molar-refractivity contribution in [2.45, 2.75) is 20.4 Å². The van der Waals surface area contributed by atoms with Crippen molar-refractivity contribution < 1.29 is 4.39 Å². The van der Waals surface area contributed by atoms with Crippen LogP contribution in [0.1, 0.15) is 16.1 Å². The molecule has 0 radical (unpaired) electrons. The average molecular weight is 250 g/mol. The molecule has 1 aromatic heterocycles. The SMILES string of the molecule is CNCc1sc(-c2cccc(C)c2F)nc1C. The first-order chi connectivity index (χ1) is 8.13. The van der Waals surface area contributed by atoms with Gasteiger partial charge < -0.3 is 5.32 Å². The number of aromatic nitrogens is 1. The maximum absolute atomic E-state index is 14.0. The Bertz CT molecular complexity index is 534. The highest BCUT2D eigenvalue weighted by Gasteiger charge is 2.13. The molecule has 0 unspecified atom stereocenters. The number of rotatable bonds is 3. The van der Waals surface area contributed by atoms with Crippen LogP contribution in [-0.4, -0.2) is 12.0 Å². The molecule has 2 nitrogen and oxygen atoms in total. The van der Waals surface area contributed by atoms with Gasteiger partial charge in [-0.3, -0.25) is 0 Å². The van der Waals surface area contributed by atoms with Crippen LogP contribution in [-0.2, 0) is 6.54 Å². The molecule has 0 saturated carbocycles. The largest absolute Gasteiger partial charge is 0.315 e. The van der Waals surface area contributed by atoms with Crippen molar-refractivity contribution >= 4 is 11.3 Å². The van der Waals surface area contributed by atoms with Crippen molar-refractivity contribution in [3.05, 3.63) is 40.2 Å². The Hall–Kier alpha value is -1.26. The summed E-state index contributed by atoms with van der Waals surface area (Å²) in [6.45, 7) is 4.51. The Morgan fingerprint density at radius 2 is 2.12 bits per heavy atom. The van der Waals surface area contributed by atoms with Crippen molar-refractivity contribution in [1.29, 1.82) is 0 Å². The first-order valence-electron chi connectivity index (χ1n) is 5.50. The van der Waals surface area contributed by atoms with Gasteiger partial charge in [-0.05, 0) is 32.5 Å². The number of nitrogens with one attached hydrogen (secondary N) is 1. The molecule has 0 amide bonds. The minimum absolute atomic E-state index is 0.169. The van der Waals surface area contributed by atoms with Gasteiger partial charge in [0.05, 0.1) is 5.69 Å². The summed E-state index contributed by atoms with van der Waals surface area (Å²) in [6, 6.07) is 5.42. The van der Waals surface area contributed by atoms with Gasteiger partial charge in [-0.15, -0.1) is 11.3 Å². The Kier molecular flexibility index (Phi) is 3.54. The molecule has 0 saturated heterocycles. The minimum Gasteiger partial charge on any atom is -0.315 e. The molecule has 1 N–H and O–H groups in total. The number of halogens is 1. The molecule has 2 rings (SSSR count). The van der Waals surface area contributed by atoms with Crippen molar-refractivity contribution in [2.24, 2.45) is 0 Å². The van der Waals surface area contributed by atoms with Crippen LogP contribution in [0.15, 0.2) is 18.2 Å². The highest BCUT2D eigenvalue weighted by Crippen LogP contribution is 2.30. The summed E-state index contributed by atoms with van der Waals surface area (Å²) in [7, 11) is 1.89. The lowest BCUT2D eigenvalue weighted by atomic mass is 10.1. The van der Waals surface area contributed by atoms with Gasteiger partial charge in [0.2, 0.25) is 0 Å². The van der Waals surface area contributed by atoms with Crippen LogP contribution < -0.4 is 5.32 Å². The van der Waals surface area contributed by atoms with E-state index in [1.165, 1.54) is 0 Å². The lowest BCUT2D eigenvalue weighted by Gasteiger charge is -2.01. The second-order valence-electron chi connectivity index (χ2n) is 3.99. The monoisotopic (exact) mass is 250 g/mol. The Morgan fingerprint density at radius 1 is 1.35 bits per heavy atom. The first-order valence-corrected chi connectivity index (χ1v) is 6.31. The van der Waals surface area contributed by atoms with Crippen molar-refractivity contribution in [2.75, 3.05) is 7.05 Å². The second kappa shape index (κ2) is 4.94. The van der Waals surface area contributed by atoms with E-state index in [4.69, 9.17) is 0 Å². The molecule has 1 heterocycles. The molecule has 2 aromatic rings. The Labute approximate surface area is 105 Å². The normalized spacial score (nSPS) is 10.8. The van der Waals surface area contributed by atoms with E-state index in [0.29, 0.717) is 11.1 Å². The van der Waals surface area contributed by atoms with E-state index in [0.717, 1.165) is 22.1 Å². The highest BCUT2D eigenvalue weighted by molar-refractivity contribution is 7.15. The van der Waals surface area contributed by atoms with Gasteiger partial charge in [-0.2, -0.15) is 0 Å². The summed E-state index contributed by atoms with van der Waals surface area (Å²) < 4.78 is 14.0. The first kappa shape index (κ1) is 12.2. The number of thiazole rings is 1. The molecule has 0 bridgehead atoms. The summed E-state index contributed by atoms with van der Waals surface area (Å²) >= 11 is 1.55. The van der Waals surface area contributed by atoms with E-state index < -0.39 is 0 Å². The Morgan fingerprint density at radius 3 is 2.82 bits per heavy atom. The van der Waals surface area contributed by atoms with Gasteiger partial charge in [0.25, 0.3) is 0 Å². The predicted octanol–water partition coefficient (Wildman–Crippen LogP) is 3.29. The lowest BCUT2D eigenvalue weighted by molar-refractivity contribution is 0.622. The quantitative estimate of drug-likeness (QED) is 0.904. The fourth-order valence-corrected chi connectivity index (χ4v) is 2.77. The fourth-order valence-electron chi connectivity index (χ4n) is 1.68. The summed E-state index contributed by atoms with van der Waals surface area (Å²) in [6.07, 6.45) is 0. The zero-order valence-corrected chi connectivity index (χ0v) is 11.0. The zero-order chi connectivity index (χ0) is 12.4. The second-order valence-corrected chi connectivity index (χ2v) is 5.08. The number of hydrogen-bond donors (Lipinski definition) is 1. The number of nitrogens with zero attached hydrogens (tertiary/aromatic N) is 1. The molecule has 17 heavy (non-hydrogen) atoms. The molecule has 0 atom stereocenters. The van der Waals surface area contributed by atoms with E-state index in [9.17, 15) is 4.39 Å². The van der Waals surface area contributed by atoms with Crippen LogP contribution in [0.4, 0.5) is 4.39 Å². The van der Waals surface area contributed by atoms with Crippen LogP contribution in [0.3, 0.4) is 0 Å². The summed E-state index contributed by atoms with van der Waals surface area (Å²) in [5.41, 5.74) is 2.23. The molecule has 90 valence electrons. The lowest BCUT2D eigenvalue weighted by Crippen LogP contribution is -2.04. The van der Waals surface area contributed by atoms with Crippen LogP contribution >= 0.6 is 11.3 Å². The van der Waals surface area contributed by atoms with E-state index in [1.807, 2.05) is 20.0 Å². The average Bonchev–Trinajstić information content (AvgIpc) is 2.65. The standard InChI is InChI=1S/C13H15FN2S/c1-8-5-4-6-10(12(8)14)13-16-9(2)11(17-13)7-15-3/h4-6,15H,7H2,1-3H3. The third-order valence-electron chi connectivity index (χ3n) is 2.65. The highest BCUT2D eigenvalue weighted by atomic mass is 32.1. The number of aryl methyl sites for hydroxylation is 2. The van der Waals surface area contributed by atoms with E-state index in [1.54, 1.807) is 30.4 Å². The van der Waals surface area contributed by atoms with E-state index in [-0.39, 0.29) is 5.82 Å². The third-order valence-corrected chi connectivity index (χ3v) is 3.84. The van der Waals surface area contributed by atoms with Crippen molar-refractivity contribution in [3.63, 3.8) is 0 Å². The third kappa shape index (κ3) is 2.37. The van der Waals surface area contributed by atoms with Crippen LogP contribution in [0.2, 0.25) is 0 Å². The molecular weight excluding hydrogens is 235 g/mol. The molecule has 0 aliphatic heterocycles. The molecule has 1 aromatic carbocycles. The minimum atomic E-state index is -0.169. The van der Waals surface area contributed by atoms with Gasteiger partial charge in [0, 0.05) is 17.0 Å². The summed E-state index contributed by atoms with van der Waals surface area (Å²) in [4.78, 5) is 5.60. The zero-order valence-electron chi connectivity index (χ0n) is 10.2. The van der Waals surface area contributed by atoms with E-state index >= 15 is 0 Å². The van der Waals surface area contributed by atoms with Gasteiger partial charge in [0.15, 0.2) is 0 Å². The topological polar surface area (TPSA) is 24.9 Å². The number of benzene rings is 1.